The summed E-state index contributed by atoms with van der Waals surface area (Å²) in [6.45, 7) is 5.35. The molecule has 2 heterocycles. The standard InChI is InChI=1S/C13H17N3O3S2/c1-8-13(20-10(3)15-8)9(2)16-21(18,19)12-5-4-11(7-17)6-14-12/h4-6,9,16-17H,7H2,1-3H3. The van der Waals surface area contributed by atoms with Gasteiger partial charge in [0.25, 0.3) is 10.0 Å². The van der Waals surface area contributed by atoms with Crippen molar-refractivity contribution in [1.29, 1.82) is 0 Å². The Bertz CT molecular complexity index is 724. The van der Waals surface area contributed by atoms with E-state index in [2.05, 4.69) is 14.7 Å². The summed E-state index contributed by atoms with van der Waals surface area (Å²) in [4.78, 5) is 9.06. The van der Waals surface area contributed by atoms with E-state index in [1.54, 1.807) is 6.92 Å². The van der Waals surface area contributed by atoms with Gasteiger partial charge in [-0.1, -0.05) is 6.07 Å². The second kappa shape index (κ2) is 6.18. The van der Waals surface area contributed by atoms with Crippen molar-refractivity contribution in [2.24, 2.45) is 0 Å². The SMILES string of the molecule is Cc1nc(C)c(C(C)NS(=O)(=O)c2ccc(CO)cn2)s1. The first-order chi connectivity index (χ1) is 9.83. The van der Waals surface area contributed by atoms with E-state index in [1.165, 1.54) is 29.7 Å². The maximum Gasteiger partial charge on any atom is 0.258 e. The lowest BCUT2D eigenvalue weighted by atomic mass is 10.2. The van der Waals surface area contributed by atoms with Crippen LogP contribution >= 0.6 is 11.3 Å². The van der Waals surface area contributed by atoms with Crippen LogP contribution < -0.4 is 4.72 Å². The third kappa shape index (κ3) is 3.65. The molecule has 0 aliphatic heterocycles. The van der Waals surface area contributed by atoms with Crippen LogP contribution in [-0.4, -0.2) is 23.5 Å². The molecule has 21 heavy (non-hydrogen) atoms. The number of aliphatic hydroxyl groups is 1. The van der Waals surface area contributed by atoms with Gasteiger partial charge in [0.1, 0.15) is 0 Å². The highest BCUT2D eigenvalue weighted by atomic mass is 32.2. The first-order valence-electron chi connectivity index (χ1n) is 6.35. The van der Waals surface area contributed by atoms with Crippen LogP contribution in [0.1, 0.15) is 34.1 Å². The lowest BCUT2D eigenvalue weighted by Crippen LogP contribution is -2.27. The molecule has 6 nitrogen and oxygen atoms in total. The number of hydrogen-bond acceptors (Lipinski definition) is 6. The summed E-state index contributed by atoms with van der Waals surface area (Å²) in [6.07, 6.45) is 1.35. The number of aryl methyl sites for hydroxylation is 2. The molecular formula is C13H17N3O3S2. The molecule has 0 bridgehead atoms. The summed E-state index contributed by atoms with van der Waals surface area (Å²) in [5.41, 5.74) is 1.40. The van der Waals surface area contributed by atoms with Gasteiger partial charge in [0.15, 0.2) is 5.03 Å². The molecular weight excluding hydrogens is 310 g/mol. The monoisotopic (exact) mass is 327 g/mol. The number of aliphatic hydroxyl groups excluding tert-OH is 1. The van der Waals surface area contributed by atoms with E-state index in [0.717, 1.165) is 15.6 Å². The predicted molar refractivity (Wildman–Crippen MR) is 80.5 cm³/mol. The van der Waals surface area contributed by atoms with Crippen LogP contribution in [0.4, 0.5) is 0 Å². The van der Waals surface area contributed by atoms with Gasteiger partial charge in [-0.15, -0.1) is 11.3 Å². The Morgan fingerprint density at radius 2 is 2.10 bits per heavy atom. The van der Waals surface area contributed by atoms with Crippen molar-refractivity contribution in [3.05, 3.63) is 39.5 Å². The number of rotatable bonds is 5. The molecule has 0 aliphatic rings. The minimum Gasteiger partial charge on any atom is -0.392 e. The van der Waals surface area contributed by atoms with Crippen LogP contribution in [0.2, 0.25) is 0 Å². The van der Waals surface area contributed by atoms with Gasteiger partial charge in [-0.25, -0.2) is 23.1 Å². The summed E-state index contributed by atoms with van der Waals surface area (Å²) in [7, 11) is -3.70. The fourth-order valence-corrected chi connectivity index (χ4v) is 4.11. The fraction of sp³-hybridized carbons (Fsp3) is 0.385. The number of aromatic nitrogens is 2. The molecule has 2 aromatic rings. The lowest BCUT2D eigenvalue weighted by Gasteiger charge is -2.13. The van der Waals surface area contributed by atoms with Gasteiger partial charge >= 0.3 is 0 Å². The van der Waals surface area contributed by atoms with E-state index in [9.17, 15) is 8.42 Å². The molecule has 114 valence electrons. The quantitative estimate of drug-likeness (QED) is 0.872. The number of pyridine rings is 1. The normalized spacial score (nSPS) is 13.3. The Labute approximate surface area is 127 Å². The lowest BCUT2D eigenvalue weighted by molar-refractivity contribution is 0.281. The first-order valence-corrected chi connectivity index (χ1v) is 8.65. The van der Waals surface area contributed by atoms with Gasteiger partial charge in [-0.2, -0.15) is 0 Å². The highest BCUT2D eigenvalue weighted by Crippen LogP contribution is 2.25. The van der Waals surface area contributed by atoms with Crippen LogP contribution in [0.3, 0.4) is 0 Å². The maximum atomic E-state index is 12.3. The summed E-state index contributed by atoms with van der Waals surface area (Å²) < 4.78 is 27.2. The number of nitrogens with one attached hydrogen (secondary N) is 1. The molecule has 0 saturated carbocycles. The minimum absolute atomic E-state index is 0.0644. The molecule has 0 aromatic carbocycles. The van der Waals surface area contributed by atoms with Crippen LogP contribution in [0.25, 0.3) is 0 Å². The zero-order valence-corrected chi connectivity index (χ0v) is 13.6. The van der Waals surface area contributed by atoms with Gasteiger partial charge in [0.2, 0.25) is 0 Å². The van der Waals surface area contributed by atoms with E-state index in [0.29, 0.717) is 5.56 Å². The molecule has 0 saturated heterocycles. The fourth-order valence-electron chi connectivity index (χ4n) is 1.96. The molecule has 8 heteroatoms. The number of sulfonamides is 1. The van der Waals surface area contributed by atoms with Crippen molar-refractivity contribution in [2.75, 3.05) is 0 Å². The minimum atomic E-state index is -3.70. The molecule has 2 N–H and O–H groups in total. The molecule has 0 aliphatic carbocycles. The van der Waals surface area contributed by atoms with Crippen molar-refractivity contribution >= 4 is 21.4 Å². The van der Waals surface area contributed by atoms with Crippen molar-refractivity contribution < 1.29 is 13.5 Å². The summed E-state index contributed by atoms with van der Waals surface area (Å²) in [5.74, 6) is 0. The van der Waals surface area contributed by atoms with E-state index >= 15 is 0 Å². The molecule has 0 radical (unpaired) electrons. The molecule has 0 fully saturated rings. The van der Waals surface area contributed by atoms with E-state index in [-0.39, 0.29) is 17.7 Å². The maximum absolute atomic E-state index is 12.3. The summed E-state index contributed by atoms with van der Waals surface area (Å²) in [5, 5.41) is 9.79. The van der Waals surface area contributed by atoms with Crippen LogP contribution in [0.15, 0.2) is 23.4 Å². The van der Waals surface area contributed by atoms with Crippen molar-refractivity contribution in [1.82, 2.24) is 14.7 Å². The largest absolute Gasteiger partial charge is 0.392 e. The predicted octanol–water partition coefficient (Wildman–Crippen LogP) is 1.69. The smallest absolute Gasteiger partial charge is 0.258 e. The van der Waals surface area contributed by atoms with Crippen molar-refractivity contribution in [3.63, 3.8) is 0 Å². The Balaban J connectivity index is 2.22. The first kappa shape index (κ1) is 16.0. The molecule has 0 amide bonds. The average molecular weight is 327 g/mol. The Morgan fingerprint density at radius 1 is 1.38 bits per heavy atom. The van der Waals surface area contributed by atoms with E-state index < -0.39 is 10.0 Å². The zero-order chi connectivity index (χ0) is 15.6. The second-order valence-electron chi connectivity index (χ2n) is 4.69. The summed E-state index contributed by atoms with van der Waals surface area (Å²) >= 11 is 1.47. The van der Waals surface area contributed by atoms with Gasteiger partial charge in [-0.3, -0.25) is 0 Å². The summed E-state index contributed by atoms with van der Waals surface area (Å²) in [6, 6.07) is 2.54. The van der Waals surface area contributed by atoms with Crippen LogP contribution in [0.5, 0.6) is 0 Å². The zero-order valence-electron chi connectivity index (χ0n) is 12.0. The highest BCUT2D eigenvalue weighted by molar-refractivity contribution is 7.89. The third-order valence-electron chi connectivity index (χ3n) is 2.92. The Hall–Kier alpha value is -1.35. The number of nitrogens with zero attached hydrogens (tertiary/aromatic N) is 2. The van der Waals surface area contributed by atoms with Gasteiger partial charge in [0.05, 0.1) is 23.4 Å². The molecule has 1 unspecified atom stereocenters. The van der Waals surface area contributed by atoms with Crippen molar-refractivity contribution in [2.45, 2.75) is 38.4 Å². The number of hydrogen-bond donors (Lipinski definition) is 2. The Kier molecular flexibility index (Phi) is 4.72. The molecule has 0 spiro atoms. The topological polar surface area (TPSA) is 92.2 Å². The van der Waals surface area contributed by atoms with Crippen molar-refractivity contribution in [3.8, 4) is 0 Å². The van der Waals surface area contributed by atoms with Gasteiger partial charge in [-0.05, 0) is 32.4 Å². The third-order valence-corrected chi connectivity index (χ3v) is 5.63. The van der Waals surface area contributed by atoms with E-state index in [1.807, 2.05) is 13.8 Å². The molecule has 2 aromatic heterocycles. The number of thiazole rings is 1. The van der Waals surface area contributed by atoms with Crippen LogP contribution in [0, 0.1) is 13.8 Å². The Morgan fingerprint density at radius 3 is 2.57 bits per heavy atom. The van der Waals surface area contributed by atoms with E-state index in [4.69, 9.17) is 5.11 Å². The molecule has 1 atom stereocenters. The van der Waals surface area contributed by atoms with Gasteiger partial charge in [0, 0.05) is 11.1 Å². The second-order valence-corrected chi connectivity index (χ2v) is 7.58. The average Bonchev–Trinajstić information content (AvgIpc) is 2.77. The van der Waals surface area contributed by atoms with Gasteiger partial charge < -0.3 is 5.11 Å². The molecule has 2 rings (SSSR count). The van der Waals surface area contributed by atoms with Crippen LogP contribution in [-0.2, 0) is 16.6 Å². The highest BCUT2D eigenvalue weighted by Gasteiger charge is 2.22.